The molecule has 0 saturated carbocycles. The van der Waals surface area contributed by atoms with Crippen molar-refractivity contribution in [2.24, 2.45) is 11.7 Å². The number of benzene rings is 2. The summed E-state index contributed by atoms with van der Waals surface area (Å²) in [4.78, 5) is 44.5. The Morgan fingerprint density at radius 1 is 1.00 bits per heavy atom. The Kier molecular flexibility index (Phi) is 8.19. The normalized spacial score (nSPS) is 19.8. The fourth-order valence-corrected chi connectivity index (χ4v) is 6.98. The van der Waals surface area contributed by atoms with Crippen molar-refractivity contribution in [1.82, 2.24) is 24.8 Å². The summed E-state index contributed by atoms with van der Waals surface area (Å²) in [6, 6.07) is 13.4. The summed E-state index contributed by atoms with van der Waals surface area (Å²) >= 11 is 0. The molecule has 0 aliphatic carbocycles. The van der Waals surface area contributed by atoms with Crippen LogP contribution >= 0.6 is 0 Å². The standard InChI is InChI=1S/C28H34N6O5S/c29-26(35)24(16-20-17-31-23-9-5-4-8-22(20)23)32-27(36)25-18-33(40(38,39)21-6-2-1-3-7-21)14-15-34(25)28(37)19-10-12-30-13-11-19/h1-9,17,19,24-25,30-31H,10-16,18H2,(H2,29,35)(H,32,36)/t24-,25+/m1/s1. The van der Waals surface area contributed by atoms with Gasteiger partial charge in [0, 0.05) is 49.1 Å². The highest BCUT2D eigenvalue weighted by molar-refractivity contribution is 7.89. The van der Waals surface area contributed by atoms with Crippen LogP contribution in [-0.4, -0.2) is 85.1 Å². The van der Waals surface area contributed by atoms with Gasteiger partial charge in [-0.25, -0.2) is 8.42 Å². The van der Waals surface area contributed by atoms with E-state index in [1.807, 2.05) is 24.3 Å². The molecule has 2 atom stereocenters. The molecule has 0 radical (unpaired) electrons. The Bertz CT molecular complexity index is 1490. The highest BCUT2D eigenvalue weighted by atomic mass is 32.2. The van der Waals surface area contributed by atoms with Gasteiger partial charge in [-0.3, -0.25) is 14.4 Å². The minimum absolute atomic E-state index is 0.0618. The number of nitrogens with zero attached hydrogens (tertiary/aromatic N) is 2. The van der Waals surface area contributed by atoms with E-state index in [0.717, 1.165) is 16.5 Å². The summed E-state index contributed by atoms with van der Waals surface area (Å²) in [6.45, 7) is 1.30. The molecule has 12 heteroatoms. The van der Waals surface area contributed by atoms with Gasteiger partial charge in [-0.15, -0.1) is 0 Å². The lowest BCUT2D eigenvalue weighted by atomic mass is 9.95. The van der Waals surface area contributed by atoms with E-state index in [4.69, 9.17) is 5.73 Å². The van der Waals surface area contributed by atoms with Gasteiger partial charge in [0.05, 0.1) is 4.90 Å². The second-order valence-electron chi connectivity index (χ2n) is 10.3. The van der Waals surface area contributed by atoms with Gasteiger partial charge in [-0.05, 0) is 49.7 Å². The number of rotatable bonds is 8. The van der Waals surface area contributed by atoms with Crippen LogP contribution in [0.25, 0.3) is 10.9 Å². The van der Waals surface area contributed by atoms with Gasteiger partial charge in [0.15, 0.2) is 0 Å². The van der Waals surface area contributed by atoms with E-state index in [0.29, 0.717) is 25.9 Å². The number of aromatic nitrogens is 1. The Labute approximate surface area is 233 Å². The molecular weight excluding hydrogens is 532 g/mol. The number of primary amides is 1. The third kappa shape index (κ3) is 5.74. The maximum atomic E-state index is 13.8. The summed E-state index contributed by atoms with van der Waals surface area (Å²) in [6.07, 6.45) is 3.20. The highest BCUT2D eigenvalue weighted by Gasteiger charge is 2.42. The summed E-state index contributed by atoms with van der Waals surface area (Å²) < 4.78 is 28.0. The SMILES string of the molecule is NC(=O)[C@@H](Cc1c[nH]c2ccccc12)NC(=O)[C@@H]1CN(S(=O)(=O)c2ccccc2)CCN1C(=O)C1CCNCC1. The van der Waals surface area contributed by atoms with E-state index < -0.39 is 33.9 Å². The average Bonchev–Trinajstić information content (AvgIpc) is 3.39. The number of sulfonamides is 1. The van der Waals surface area contributed by atoms with E-state index in [-0.39, 0.29) is 42.8 Å². The molecule has 0 bridgehead atoms. The monoisotopic (exact) mass is 566 g/mol. The Morgan fingerprint density at radius 2 is 1.70 bits per heavy atom. The Balaban J connectivity index is 1.40. The van der Waals surface area contributed by atoms with E-state index in [1.54, 1.807) is 24.4 Å². The quantitative estimate of drug-likeness (QED) is 0.312. The fourth-order valence-electron chi connectivity index (χ4n) is 5.52. The van der Waals surface area contributed by atoms with E-state index in [1.165, 1.54) is 21.3 Å². The number of hydrogen-bond donors (Lipinski definition) is 4. The van der Waals surface area contributed by atoms with Crippen molar-refractivity contribution in [3.63, 3.8) is 0 Å². The number of piperidine rings is 1. The predicted octanol–water partition coefficient (Wildman–Crippen LogP) is 0.582. The van der Waals surface area contributed by atoms with E-state index in [9.17, 15) is 22.8 Å². The van der Waals surface area contributed by atoms with E-state index >= 15 is 0 Å². The number of hydrogen-bond acceptors (Lipinski definition) is 6. The highest BCUT2D eigenvalue weighted by Crippen LogP contribution is 2.24. The van der Waals surface area contributed by atoms with Crippen molar-refractivity contribution in [3.8, 4) is 0 Å². The van der Waals surface area contributed by atoms with Crippen LogP contribution in [-0.2, 0) is 30.8 Å². The number of aromatic amines is 1. The number of fused-ring (bicyclic) bond motifs is 1. The van der Waals surface area contributed by atoms with Crippen LogP contribution in [0.3, 0.4) is 0 Å². The lowest BCUT2D eigenvalue weighted by Gasteiger charge is -2.42. The molecule has 3 heterocycles. The van der Waals surface area contributed by atoms with Crippen molar-refractivity contribution in [2.75, 3.05) is 32.7 Å². The zero-order valence-electron chi connectivity index (χ0n) is 22.1. The Morgan fingerprint density at radius 3 is 2.42 bits per heavy atom. The number of carbonyl (C=O) groups is 3. The molecule has 1 aromatic heterocycles. The molecule has 40 heavy (non-hydrogen) atoms. The van der Waals surface area contributed by atoms with Crippen LogP contribution in [0.15, 0.2) is 65.7 Å². The van der Waals surface area contributed by atoms with Gasteiger partial charge in [-0.2, -0.15) is 4.31 Å². The smallest absolute Gasteiger partial charge is 0.244 e. The van der Waals surface area contributed by atoms with Gasteiger partial charge in [0.1, 0.15) is 12.1 Å². The fraction of sp³-hybridized carbons (Fsp3) is 0.393. The first-order valence-electron chi connectivity index (χ1n) is 13.5. The molecule has 2 aliphatic heterocycles. The van der Waals surface area contributed by atoms with Gasteiger partial charge in [0.25, 0.3) is 0 Å². The first kappa shape index (κ1) is 27.8. The summed E-state index contributed by atoms with van der Waals surface area (Å²) in [5.41, 5.74) is 7.40. The first-order valence-corrected chi connectivity index (χ1v) is 14.9. The van der Waals surface area contributed by atoms with Crippen molar-refractivity contribution in [1.29, 1.82) is 0 Å². The lowest BCUT2D eigenvalue weighted by molar-refractivity contribution is -0.147. The molecular formula is C28H34N6O5S. The molecule has 3 aromatic rings. The van der Waals surface area contributed by atoms with Gasteiger partial charge >= 0.3 is 0 Å². The molecule has 2 saturated heterocycles. The maximum Gasteiger partial charge on any atom is 0.244 e. The number of nitrogens with one attached hydrogen (secondary N) is 3. The third-order valence-electron chi connectivity index (χ3n) is 7.76. The number of carbonyl (C=O) groups excluding carboxylic acids is 3. The third-order valence-corrected chi connectivity index (χ3v) is 9.64. The maximum absolute atomic E-state index is 13.8. The van der Waals surface area contributed by atoms with Crippen LogP contribution < -0.4 is 16.4 Å². The average molecular weight is 567 g/mol. The van der Waals surface area contributed by atoms with Crippen molar-refractivity contribution in [3.05, 3.63) is 66.4 Å². The second-order valence-corrected chi connectivity index (χ2v) is 12.2. The zero-order valence-corrected chi connectivity index (χ0v) is 22.9. The molecule has 3 amide bonds. The van der Waals surface area contributed by atoms with Gasteiger partial charge in [0.2, 0.25) is 27.7 Å². The van der Waals surface area contributed by atoms with Crippen molar-refractivity contribution < 1.29 is 22.8 Å². The lowest BCUT2D eigenvalue weighted by Crippen LogP contribution is -2.64. The van der Waals surface area contributed by atoms with Gasteiger partial charge in [-0.1, -0.05) is 36.4 Å². The van der Waals surface area contributed by atoms with Crippen LogP contribution in [0, 0.1) is 5.92 Å². The van der Waals surface area contributed by atoms with E-state index in [2.05, 4.69) is 15.6 Å². The molecule has 0 unspecified atom stereocenters. The minimum Gasteiger partial charge on any atom is -0.368 e. The molecule has 2 aromatic carbocycles. The largest absolute Gasteiger partial charge is 0.368 e. The van der Waals surface area contributed by atoms with Crippen molar-refractivity contribution >= 4 is 38.6 Å². The van der Waals surface area contributed by atoms with Crippen LogP contribution in [0.5, 0.6) is 0 Å². The summed E-state index contributed by atoms with van der Waals surface area (Å²) in [7, 11) is -3.90. The number of piperazine rings is 1. The number of amides is 3. The Hall–Kier alpha value is -3.74. The molecule has 5 N–H and O–H groups in total. The number of para-hydroxylation sites is 1. The summed E-state index contributed by atoms with van der Waals surface area (Å²) in [5.74, 6) is -1.77. The second kappa shape index (κ2) is 11.8. The minimum atomic E-state index is -3.90. The topological polar surface area (TPSA) is 158 Å². The molecule has 0 spiro atoms. The van der Waals surface area contributed by atoms with Crippen LogP contribution in [0.1, 0.15) is 18.4 Å². The molecule has 11 nitrogen and oxygen atoms in total. The molecule has 5 rings (SSSR count). The molecule has 2 aliphatic rings. The van der Waals surface area contributed by atoms with Crippen LogP contribution in [0.2, 0.25) is 0 Å². The first-order chi connectivity index (χ1) is 19.3. The molecule has 2 fully saturated rings. The van der Waals surface area contributed by atoms with Gasteiger partial charge < -0.3 is 26.3 Å². The van der Waals surface area contributed by atoms with Crippen LogP contribution in [0.4, 0.5) is 0 Å². The number of nitrogens with two attached hydrogens (primary N) is 1. The molecule has 212 valence electrons. The zero-order chi connectivity index (χ0) is 28.3. The number of H-pyrrole nitrogens is 1. The predicted molar refractivity (Wildman–Crippen MR) is 149 cm³/mol. The van der Waals surface area contributed by atoms with Crippen molar-refractivity contribution in [2.45, 2.75) is 36.2 Å². The summed E-state index contributed by atoms with van der Waals surface area (Å²) in [5, 5.41) is 6.87.